The van der Waals surface area contributed by atoms with Crippen LogP contribution < -0.4 is 16.4 Å². The van der Waals surface area contributed by atoms with Crippen LogP contribution in [-0.2, 0) is 4.79 Å². The average molecular weight is 302 g/mol. The van der Waals surface area contributed by atoms with Crippen molar-refractivity contribution in [1.82, 2.24) is 5.32 Å². The smallest absolute Gasteiger partial charge is 0.220 e. The van der Waals surface area contributed by atoms with E-state index in [4.69, 9.17) is 5.73 Å². The number of benzene rings is 1. The van der Waals surface area contributed by atoms with Crippen LogP contribution >= 0.6 is 15.9 Å². The lowest BCUT2D eigenvalue weighted by Gasteiger charge is -2.14. The van der Waals surface area contributed by atoms with Crippen LogP contribution in [0, 0.1) is 5.82 Å². The van der Waals surface area contributed by atoms with Crippen LogP contribution in [0.2, 0.25) is 0 Å². The summed E-state index contributed by atoms with van der Waals surface area (Å²) >= 11 is 3.07. The van der Waals surface area contributed by atoms with Crippen LogP contribution in [-0.4, -0.2) is 18.5 Å². The van der Waals surface area contributed by atoms with Crippen molar-refractivity contribution >= 4 is 33.2 Å². The SMILES string of the molecule is Nc1cc(Br)c(F)cc1NCC1CCC(=O)N1. The predicted molar refractivity (Wildman–Crippen MR) is 68.2 cm³/mol. The van der Waals surface area contributed by atoms with Crippen molar-refractivity contribution in [2.45, 2.75) is 18.9 Å². The molecule has 1 amide bonds. The molecule has 0 bridgehead atoms. The van der Waals surface area contributed by atoms with Gasteiger partial charge in [-0.05, 0) is 28.4 Å². The molecule has 0 radical (unpaired) electrons. The van der Waals surface area contributed by atoms with Gasteiger partial charge in [0.25, 0.3) is 0 Å². The Morgan fingerprint density at radius 3 is 3.00 bits per heavy atom. The van der Waals surface area contributed by atoms with Crippen molar-refractivity contribution in [3.05, 3.63) is 22.4 Å². The van der Waals surface area contributed by atoms with E-state index >= 15 is 0 Å². The molecule has 4 nitrogen and oxygen atoms in total. The van der Waals surface area contributed by atoms with Gasteiger partial charge >= 0.3 is 0 Å². The number of hydrogen-bond acceptors (Lipinski definition) is 3. The van der Waals surface area contributed by atoms with Crippen molar-refractivity contribution in [2.75, 3.05) is 17.6 Å². The van der Waals surface area contributed by atoms with Crippen LogP contribution in [0.15, 0.2) is 16.6 Å². The highest BCUT2D eigenvalue weighted by molar-refractivity contribution is 9.10. The Morgan fingerprint density at radius 1 is 1.59 bits per heavy atom. The first-order chi connectivity index (χ1) is 8.06. The number of rotatable bonds is 3. The Hall–Kier alpha value is -1.30. The number of amides is 1. The summed E-state index contributed by atoms with van der Waals surface area (Å²) in [6.45, 7) is 0.553. The molecular weight excluding hydrogens is 289 g/mol. The van der Waals surface area contributed by atoms with Crippen LogP contribution in [0.3, 0.4) is 0 Å². The van der Waals surface area contributed by atoms with Crippen molar-refractivity contribution in [3.8, 4) is 0 Å². The molecule has 1 aromatic carbocycles. The Morgan fingerprint density at radius 2 is 2.35 bits per heavy atom. The second kappa shape index (κ2) is 4.91. The lowest BCUT2D eigenvalue weighted by atomic mass is 10.2. The van der Waals surface area contributed by atoms with Crippen molar-refractivity contribution in [1.29, 1.82) is 0 Å². The highest BCUT2D eigenvalue weighted by Gasteiger charge is 2.20. The van der Waals surface area contributed by atoms with Crippen molar-refractivity contribution < 1.29 is 9.18 Å². The summed E-state index contributed by atoms with van der Waals surface area (Å²) in [7, 11) is 0. The fraction of sp³-hybridized carbons (Fsp3) is 0.364. The normalized spacial score (nSPS) is 19.2. The Labute approximate surface area is 107 Å². The zero-order valence-electron chi connectivity index (χ0n) is 9.09. The van der Waals surface area contributed by atoms with Gasteiger partial charge in [-0.1, -0.05) is 0 Å². The van der Waals surface area contributed by atoms with E-state index in [-0.39, 0.29) is 17.8 Å². The molecule has 92 valence electrons. The van der Waals surface area contributed by atoms with E-state index in [1.165, 1.54) is 12.1 Å². The number of carbonyl (C=O) groups is 1. The molecule has 1 aliphatic rings. The number of nitrogens with one attached hydrogen (secondary N) is 2. The fourth-order valence-corrected chi connectivity index (χ4v) is 2.14. The van der Waals surface area contributed by atoms with Crippen molar-refractivity contribution in [2.24, 2.45) is 0 Å². The maximum absolute atomic E-state index is 13.3. The van der Waals surface area contributed by atoms with E-state index in [1.54, 1.807) is 0 Å². The molecule has 1 atom stereocenters. The van der Waals surface area contributed by atoms with E-state index in [0.717, 1.165) is 6.42 Å². The second-order valence-corrected chi connectivity index (χ2v) is 4.89. The van der Waals surface area contributed by atoms with Gasteiger partial charge in [-0.15, -0.1) is 0 Å². The Kier molecular flexibility index (Phi) is 3.51. The predicted octanol–water partition coefficient (Wildman–Crippen LogP) is 1.86. The highest BCUT2D eigenvalue weighted by atomic mass is 79.9. The third-order valence-electron chi connectivity index (χ3n) is 2.72. The number of carbonyl (C=O) groups excluding carboxylic acids is 1. The lowest BCUT2D eigenvalue weighted by Crippen LogP contribution is -2.31. The number of anilines is 2. The highest BCUT2D eigenvalue weighted by Crippen LogP contribution is 2.26. The van der Waals surface area contributed by atoms with Gasteiger partial charge in [0, 0.05) is 25.1 Å². The summed E-state index contributed by atoms with van der Waals surface area (Å²) in [5.74, 6) is -0.302. The molecule has 1 saturated heterocycles. The molecular formula is C11H13BrFN3O. The van der Waals surface area contributed by atoms with Crippen LogP contribution in [0.5, 0.6) is 0 Å². The molecule has 6 heteroatoms. The molecule has 1 fully saturated rings. The van der Waals surface area contributed by atoms with E-state index in [1.807, 2.05) is 0 Å². The standard InChI is InChI=1S/C11H13BrFN3O/c12-7-3-9(14)10(4-8(7)13)15-5-6-1-2-11(17)16-6/h3-4,6,15H,1-2,5,14H2,(H,16,17). The zero-order valence-corrected chi connectivity index (χ0v) is 10.7. The molecule has 0 spiro atoms. The van der Waals surface area contributed by atoms with Gasteiger partial charge in [-0.3, -0.25) is 4.79 Å². The summed E-state index contributed by atoms with van der Waals surface area (Å²) in [6.07, 6.45) is 1.35. The average Bonchev–Trinajstić information content (AvgIpc) is 2.68. The van der Waals surface area contributed by atoms with Crippen LogP contribution in [0.25, 0.3) is 0 Å². The summed E-state index contributed by atoms with van der Waals surface area (Å²) in [6, 6.07) is 2.95. The first kappa shape index (κ1) is 12.2. The van der Waals surface area contributed by atoms with Crippen molar-refractivity contribution in [3.63, 3.8) is 0 Å². The van der Waals surface area contributed by atoms with E-state index in [9.17, 15) is 9.18 Å². The van der Waals surface area contributed by atoms with Gasteiger partial charge < -0.3 is 16.4 Å². The van der Waals surface area contributed by atoms with E-state index in [0.29, 0.717) is 28.8 Å². The van der Waals surface area contributed by atoms with Crippen LogP contribution in [0.4, 0.5) is 15.8 Å². The maximum atomic E-state index is 13.3. The topological polar surface area (TPSA) is 67.1 Å². The van der Waals surface area contributed by atoms with Gasteiger partial charge in [0.15, 0.2) is 0 Å². The third-order valence-corrected chi connectivity index (χ3v) is 3.32. The third kappa shape index (κ3) is 2.88. The number of nitrogens with two attached hydrogens (primary N) is 1. The van der Waals surface area contributed by atoms with Crippen LogP contribution in [0.1, 0.15) is 12.8 Å². The minimum absolute atomic E-state index is 0.0618. The minimum Gasteiger partial charge on any atom is -0.397 e. The Bertz CT molecular complexity index is 453. The maximum Gasteiger partial charge on any atom is 0.220 e. The Balaban J connectivity index is 1.99. The van der Waals surface area contributed by atoms with Gasteiger partial charge in [-0.2, -0.15) is 0 Å². The fourth-order valence-electron chi connectivity index (χ4n) is 1.78. The number of halogens is 2. The molecule has 1 heterocycles. The first-order valence-corrected chi connectivity index (χ1v) is 6.13. The summed E-state index contributed by atoms with van der Waals surface area (Å²) in [5.41, 5.74) is 6.78. The molecule has 1 unspecified atom stereocenters. The molecule has 0 aromatic heterocycles. The first-order valence-electron chi connectivity index (χ1n) is 5.34. The molecule has 0 saturated carbocycles. The molecule has 1 aromatic rings. The molecule has 2 rings (SSSR count). The monoisotopic (exact) mass is 301 g/mol. The van der Waals surface area contributed by atoms with Gasteiger partial charge in [0.2, 0.25) is 5.91 Å². The number of nitrogen functional groups attached to an aromatic ring is 1. The molecule has 0 aliphatic carbocycles. The quantitative estimate of drug-likeness (QED) is 0.747. The molecule has 1 aliphatic heterocycles. The summed E-state index contributed by atoms with van der Waals surface area (Å²) in [4.78, 5) is 11.0. The van der Waals surface area contributed by atoms with Gasteiger partial charge in [0.05, 0.1) is 15.8 Å². The summed E-state index contributed by atoms with van der Waals surface area (Å²) in [5, 5.41) is 5.87. The molecule has 4 N–H and O–H groups in total. The zero-order chi connectivity index (χ0) is 12.4. The lowest BCUT2D eigenvalue weighted by molar-refractivity contribution is -0.119. The van der Waals surface area contributed by atoms with E-state index < -0.39 is 0 Å². The summed E-state index contributed by atoms with van der Waals surface area (Å²) < 4.78 is 13.7. The molecule has 17 heavy (non-hydrogen) atoms. The van der Waals surface area contributed by atoms with Gasteiger partial charge in [0.1, 0.15) is 5.82 Å². The van der Waals surface area contributed by atoms with Gasteiger partial charge in [-0.25, -0.2) is 4.39 Å². The second-order valence-electron chi connectivity index (χ2n) is 4.04. The minimum atomic E-state index is -0.364. The number of hydrogen-bond donors (Lipinski definition) is 3. The van der Waals surface area contributed by atoms with E-state index in [2.05, 4.69) is 26.6 Å². The largest absolute Gasteiger partial charge is 0.397 e.